The van der Waals surface area contributed by atoms with Gasteiger partial charge in [-0.25, -0.2) is 18.1 Å². The van der Waals surface area contributed by atoms with Gasteiger partial charge in [0.15, 0.2) is 0 Å². The van der Waals surface area contributed by atoms with Gasteiger partial charge in [-0.05, 0) is 43.2 Å². The minimum atomic E-state index is -3.72. The predicted octanol–water partition coefficient (Wildman–Crippen LogP) is 2.11. The summed E-state index contributed by atoms with van der Waals surface area (Å²) in [5.41, 5.74) is 1.56. The van der Waals surface area contributed by atoms with E-state index in [2.05, 4.69) is 15.0 Å². The third kappa shape index (κ3) is 5.13. The lowest BCUT2D eigenvalue weighted by Gasteiger charge is -2.11. The van der Waals surface area contributed by atoms with Crippen LogP contribution in [0.15, 0.2) is 60.0 Å². The Hall–Kier alpha value is -3.57. The Balaban J connectivity index is 1.64. The van der Waals surface area contributed by atoms with Crippen molar-refractivity contribution in [1.29, 1.82) is 0 Å². The summed E-state index contributed by atoms with van der Waals surface area (Å²) in [5.74, 6) is -0.550. The third-order valence-corrected chi connectivity index (χ3v) is 6.16. The molecule has 0 spiro atoms. The summed E-state index contributed by atoms with van der Waals surface area (Å²) in [6, 6.07) is 9.22. The van der Waals surface area contributed by atoms with Crippen LogP contribution in [0.2, 0.25) is 0 Å². The van der Waals surface area contributed by atoms with Gasteiger partial charge in [0.1, 0.15) is 5.69 Å². The molecule has 11 heteroatoms. The molecule has 0 bridgehead atoms. The van der Waals surface area contributed by atoms with Crippen molar-refractivity contribution < 1.29 is 18.1 Å². The van der Waals surface area contributed by atoms with E-state index in [4.69, 9.17) is 0 Å². The Bertz CT molecular complexity index is 1220. The monoisotopic (exact) mass is 443 g/mol. The number of imidazole rings is 1. The number of hydrogen-bond acceptors (Lipinski definition) is 6. The lowest BCUT2D eigenvalue weighted by molar-refractivity contribution is -0.384. The molecular weight excluding hydrogens is 422 g/mol. The Labute approximate surface area is 179 Å². The zero-order valence-electron chi connectivity index (χ0n) is 16.9. The molecule has 0 atom stereocenters. The van der Waals surface area contributed by atoms with Gasteiger partial charge in [-0.3, -0.25) is 14.9 Å². The van der Waals surface area contributed by atoms with Gasteiger partial charge in [0.2, 0.25) is 10.0 Å². The van der Waals surface area contributed by atoms with Crippen LogP contribution >= 0.6 is 0 Å². The molecule has 0 saturated carbocycles. The Morgan fingerprint density at radius 1 is 1.16 bits per heavy atom. The highest BCUT2D eigenvalue weighted by molar-refractivity contribution is 7.89. The molecule has 162 valence electrons. The van der Waals surface area contributed by atoms with Gasteiger partial charge in [0, 0.05) is 37.1 Å². The van der Waals surface area contributed by atoms with Crippen molar-refractivity contribution in [2.45, 2.75) is 18.7 Å². The Kier molecular flexibility index (Phi) is 6.47. The second kappa shape index (κ2) is 9.06. The summed E-state index contributed by atoms with van der Waals surface area (Å²) in [6.45, 7) is 3.49. The van der Waals surface area contributed by atoms with Crippen molar-refractivity contribution in [1.82, 2.24) is 19.6 Å². The quantitative estimate of drug-likeness (QED) is 0.311. The van der Waals surface area contributed by atoms with Crippen LogP contribution < -0.4 is 10.0 Å². The summed E-state index contributed by atoms with van der Waals surface area (Å²) in [4.78, 5) is 27.3. The summed E-state index contributed by atoms with van der Waals surface area (Å²) < 4.78 is 28.9. The van der Waals surface area contributed by atoms with Crippen LogP contribution in [0.5, 0.6) is 0 Å². The molecule has 0 saturated heterocycles. The first-order chi connectivity index (χ1) is 14.7. The van der Waals surface area contributed by atoms with E-state index in [0.717, 1.165) is 5.56 Å². The number of sulfonamides is 1. The van der Waals surface area contributed by atoms with Gasteiger partial charge >= 0.3 is 0 Å². The van der Waals surface area contributed by atoms with Crippen molar-refractivity contribution in [3.8, 4) is 5.69 Å². The SMILES string of the molecule is Cc1ccc(C)c(S(=O)(=O)NCCNC(=O)c2ccc(-n3ccnc3)c([N+](=O)[O-])c2)c1. The number of hydrogen-bond donors (Lipinski definition) is 2. The summed E-state index contributed by atoms with van der Waals surface area (Å²) in [7, 11) is -3.72. The van der Waals surface area contributed by atoms with Crippen LogP contribution in [0.25, 0.3) is 5.69 Å². The number of nitrogens with zero attached hydrogens (tertiary/aromatic N) is 3. The van der Waals surface area contributed by atoms with E-state index >= 15 is 0 Å². The number of carbonyl (C=O) groups excluding carboxylic acids is 1. The zero-order valence-corrected chi connectivity index (χ0v) is 17.7. The topological polar surface area (TPSA) is 136 Å². The van der Waals surface area contributed by atoms with E-state index < -0.39 is 20.9 Å². The zero-order chi connectivity index (χ0) is 22.6. The normalized spacial score (nSPS) is 11.3. The van der Waals surface area contributed by atoms with E-state index in [9.17, 15) is 23.3 Å². The van der Waals surface area contributed by atoms with E-state index in [1.165, 1.54) is 35.3 Å². The van der Waals surface area contributed by atoms with Crippen molar-refractivity contribution in [2.24, 2.45) is 0 Å². The first kappa shape index (κ1) is 22.1. The number of rotatable bonds is 8. The molecular formula is C20H21N5O5S. The molecule has 1 heterocycles. The lowest BCUT2D eigenvalue weighted by Crippen LogP contribution is -2.35. The molecule has 0 unspecified atom stereocenters. The highest BCUT2D eigenvalue weighted by Gasteiger charge is 2.19. The molecule has 10 nitrogen and oxygen atoms in total. The molecule has 0 radical (unpaired) electrons. The van der Waals surface area contributed by atoms with E-state index in [-0.39, 0.29) is 34.9 Å². The number of nitrogens with one attached hydrogen (secondary N) is 2. The number of aromatic nitrogens is 2. The fourth-order valence-electron chi connectivity index (χ4n) is 2.97. The highest BCUT2D eigenvalue weighted by atomic mass is 32.2. The van der Waals surface area contributed by atoms with Gasteiger partial charge in [0.25, 0.3) is 11.6 Å². The van der Waals surface area contributed by atoms with Gasteiger partial charge in [0.05, 0.1) is 16.1 Å². The van der Waals surface area contributed by atoms with Crippen LogP contribution in [-0.2, 0) is 10.0 Å². The standard InChI is InChI=1S/C20H21N5O5S/c1-14-3-4-15(2)19(11-14)31(29,30)23-8-7-22-20(26)16-5-6-17(18(12-16)25(27)28)24-10-9-21-13-24/h3-6,9-13,23H,7-8H2,1-2H3,(H,22,26). The number of carbonyl (C=O) groups is 1. The fraction of sp³-hybridized carbons (Fsp3) is 0.200. The van der Waals surface area contributed by atoms with Gasteiger partial charge in [-0.15, -0.1) is 0 Å². The average molecular weight is 443 g/mol. The first-order valence-corrected chi connectivity index (χ1v) is 10.8. The predicted molar refractivity (Wildman–Crippen MR) is 114 cm³/mol. The minimum Gasteiger partial charge on any atom is -0.351 e. The largest absolute Gasteiger partial charge is 0.351 e. The smallest absolute Gasteiger partial charge is 0.294 e. The highest BCUT2D eigenvalue weighted by Crippen LogP contribution is 2.24. The lowest BCUT2D eigenvalue weighted by atomic mass is 10.1. The van der Waals surface area contributed by atoms with Crippen LogP contribution in [-0.4, -0.2) is 41.9 Å². The molecule has 1 amide bonds. The van der Waals surface area contributed by atoms with Gasteiger partial charge in [-0.2, -0.15) is 0 Å². The Morgan fingerprint density at radius 2 is 1.94 bits per heavy atom. The second-order valence-corrected chi connectivity index (χ2v) is 8.59. The molecule has 0 aliphatic rings. The van der Waals surface area contributed by atoms with Crippen LogP contribution in [0, 0.1) is 24.0 Å². The molecule has 0 aliphatic heterocycles. The molecule has 1 aromatic heterocycles. The molecule has 2 N–H and O–H groups in total. The maximum absolute atomic E-state index is 12.5. The summed E-state index contributed by atoms with van der Waals surface area (Å²) in [5, 5.41) is 14.0. The molecule has 0 fully saturated rings. The molecule has 2 aromatic carbocycles. The van der Waals surface area contributed by atoms with Crippen LogP contribution in [0.1, 0.15) is 21.5 Å². The first-order valence-electron chi connectivity index (χ1n) is 9.31. The van der Waals surface area contributed by atoms with Crippen molar-refractivity contribution >= 4 is 21.6 Å². The fourth-order valence-corrected chi connectivity index (χ4v) is 4.33. The average Bonchev–Trinajstić information content (AvgIpc) is 3.27. The second-order valence-electron chi connectivity index (χ2n) is 6.85. The minimum absolute atomic E-state index is 0.0139. The van der Waals surface area contributed by atoms with E-state index in [0.29, 0.717) is 5.56 Å². The van der Waals surface area contributed by atoms with Gasteiger partial charge in [-0.1, -0.05) is 12.1 Å². The van der Waals surface area contributed by atoms with Crippen molar-refractivity contribution in [2.75, 3.05) is 13.1 Å². The molecule has 3 aromatic rings. The number of aryl methyl sites for hydroxylation is 2. The maximum atomic E-state index is 12.5. The number of benzene rings is 2. The van der Waals surface area contributed by atoms with E-state index in [1.54, 1.807) is 32.2 Å². The van der Waals surface area contributed by atoms with Crippen molar-refractivity contribution in [3.63, 3.8) is 0 Å². The summed E-state index contributed by atoms with van der Waals surface area (Å²) >= 11 is 0. The maximum Gasteiger partial charge on any atom is 0.294 e. The number of nitro groups is 1. The number of nitro benzene ring substituents is 1. The number of amides is 1. The van der Waals surface area contributed by atoms with Gasteiger partial charge < -0.3 is 9.88 Å². The third-order valence-electron chi connectivity index (χ3n) is 4.55. The van der Waals surface area contributed by atoms with Crippen LogP contribution in [0.3, 0.4) is 0 Å². The van der Waals surface area contributed by atoms with E-state index in [1.807, 2.05) is 6.07 Å². The molecule has 31 heavy (non-hydrogen) atoms. The Morgan fingerprint density at radius 3 is 2.61 bits per heavy atom. The molecule has 0 aliphatic carbocycles. The summed E-state index contributed by atoms with van der Waals surface area (Å²) in [6.07, 6.45) is 4.47. The van der Waals surface area contributed by atoms with Crippen molar-refractivity contribution in [3.05, 3.63) is 81.9 Å². The van der Waals surface area contributed by atoms with Crippen LogP contribution in [0.4, 0.5) is 5.69 Å². The molecule has 3 rings (SSSR count).